The molecule has 0 bridgehead atoms. The third-order valence-electron chi connectivity index (χ3n) is 2.62. The Morgan fingerprint density at radius 1 is 1.40 bits per heavy atom. The van der Waals surface area contributed by atoms with E-state index in [2.05, 4.69) is 19.2 Å². The van der Waals surface area contributed by atoms with E-state index in [0.29, 0.717) is 17.0 Å². The Morgan fingerprint density at radius 2 is 2.07 bits per heavy atom. The Balaban J connectivity index is 2.82. The number of hydrogen-bond donors (Lipinski definition) is 1. The lowest BCUT2D eigenvalue weighted by Gasteiger charge is -2.20. The van der Waals surface area contributed by atoms with Crippen LogP contribution in [-0.2, 0) is 6.42 Å². The van der Waals surface area contributed by atoms with Crippen LogP contribution < -0.4 is 5.32 Å². The maximum Gasteiger partial charge on any atom is 0.123 e. The van der Waals surface area contributed by atoms with E-state index in [1.165, 1.54) is 12.1 Å². The highest BCUT2D eigenvalue weighted by Crippen LogP contribution is 2.20. The molecule has 0 heterocycles. The molecular formula is C12H17ClFN. The second kappa shape index (κ2) is 5.47. The lowest BCUT2D eigenvalue weighted by atomic mass is 9.96. The first-order valence-corrected chi connectivity index (χ1v) is 5.53. The summed E-state index contributed by atoms with van der Waals surface area (Å²) in [6.07, 6.45) is 0.755. The van der Waals surface area contributed by atoms with Crippen molar-refractivity contribution in [3.05, 3.63) is 34.6 Å². The van der Waals surface area contributed by atoms with Crippen LogP contribution in [0.4, 0.5) is 4.39 Å². The quantitative estimate of drug-likeness (QED) is 0.836. The number of halogens is 2. The van der Waals surface area contributed by atoms with Crippen molar-refractivity contribution >= 4 is 11.6 Å². The van der Waals surface area contributed by atoms with Crippen molar-refractivity contribution in [1.82, 2.24) is 5.32 Å². The highest BCUT2D eigenvalue weighted by Gasteiger charge is 2.13. The molecule has 1 N–H and O–H groups in total. The fraction of sp³-hybridized carbons (Fsp3) is 0.500. The zero-order chi connectivity index (χ0) is 11.4. The lowest BCUT2D eigenvalue weighted by molar-refractivity contribution is 0.424. The van der Waals surface area contributed by atoms with Crippen LogP contribution in [0.2, 0.25) is 5.02 Å². The van der Waals surface area contributed by atoms with Crippen molar-refractivity contribution < 1.29 is 4.39 Å². The van der Waals surface area contributed by atoms with E-state index in [4.69, 9.17) is 11.6 Å². The highest BCUT2D eigenvalue weighted by molar-refractivity contribution is 6.31. The normalized spacial score (nSPS) is 13.2. The molecule has 0 aliphatic heterocycles. The lowest BCUT2D eigenvalue weighted by Crippen LogP contribution is -2.32. The van der Waals surface area contributed by atoms with Crippen molar-refractivity contribution in [2.24, 2.45) is 5.92 Å². The summed E-state index contributed by atoms with van der Waals surface area (Å²) in [5.41, 5.74) is 0.865. The molecule has 0 saturated carbocycles. The van der Waals surface area contributed by atoms with Crippen LogP contribution in [0.15, 0.2) is 18.2 Å². The van der Waals surface area contributed by atoms with E-state index in [0.717, 1.165) is 12.0 Å². The van der Waals surface area contributed by atoms with Gasteiger partial charge in [-0.3, -0.25) is 0 Å². The summed E-state index contributed by atoms with van der Waals surface area (Å²) in [5, 5.41) is 3.85. The van der Waals surface area contributed by atoms with Crippen LogP contribution in [0.25, 0.3) is 0 Å². The highest BCUT2D eigenvalue weighted by atomic mass is 35.5. The van der Waals surface area contributed by atoms with Gasteiger partial charge in [-0.05, 0) is 43.1 Å². The van der Waals surface area contributed by atoms with E-state index >= 15 is 0 Å². The summed E-state index contributed by atoms with van der Waals surface area (Å²) in [4.78, 5) is 0. The third-order valence-corrected chi connectivity index (χ3v) is 2.99. The van der Waals surface area contributed by atoms with Crippen LogP contribution >= 0.6 is 11.6 Å². The molecular weight excluding hydrogens is 213 g/mol. The molecule has 0 aliphatic rings. The van der Waals surface area contributed by atoms with Gasteiger partial charge in [0.05, 0.1) is 0 Å². The molecule has 0 spiro atoms. The smallest absolute Gasteiger partial charge is 0.123 e. The molecule has 0 radical (unpaired) electrons. The molecule has 1 aromatic carbocycles. The average Bonchev–Trinajstić information content (AvgIpc) is 2.18. The summed E-state index contributed by atoms with van der Waals surface area (Å²) in [5.74, 6) is 0.266. The van der Waals surface area contributed by atoms with E-state index in [-0.39, 0.29) is 5.82 Å². The molecule has 15 heavy (non-hydrogen) atoms. The first-order valence-electron chi connectivity index (χ1n) is 5.15. The van der Waals surface area contributed by atoms with E-state index in [1.54, 1.807) is 6.07 Å². The standard InChI is InChI=1S/C12H17ClFN/c1-8(2)12(15-3)7-9-6-10(14)4-5-11(9)13/h4-6,8,12,15H,7H2,1-3H3. The molecule has 0 aliphatic carbocycles. The van der Waals surface area contributed by atoms with Crippen LogP contribution in [0, 0.1) is 11.7 Å². The van der Waals surface area contributed by atoms with Gasteiger partial charge in [-0.2, -0.15) is 0 Å². The molecule has 1 unspecified atom stereocenters. The molecule has 0 fully saturated rings. The van der Waals surface area contributed by atoms with Crippen LogP contribution in [0.5, 0.6) is 0 Å². The van der Waals surface area contributed by atoms with Crippen molar-refractivity contribution in [3.63, 3.8) is 0 Å². The predicted octanol–water partition coefficient (Wildman–Crippen LogP) is 3.27. The van der Waals surface area contributed by atoms with E-state index in [9.17, 15) is 4.39 Å². The zero-order valence-corrected chi connectivity index (χ0v) is 10.1. The summed E-state index contributed by atoms with van der Waals surface area (Å²) in [6.45, 7) is 4.27. The van der Waals surface area contributed by atoms with Gasteiger partial charge in [0.15, 0.2) is 0 Å². The summed E-state index contributed by atoms with van der Waals surface area (Å²) < 4.78 is 13.0. The number of nitrogens with one attached hydrogen (secondary N) is 1. The second-order valence-corrected chi connectivity index (χ2v) is 4.49. The molecule has 3 heteroatoms. The molecule has 0 amide bonds. The Kier molecular flexibility index (Phi) is 4.55. The fourth-order valence-electron chi connectivity index (χ4n) is 1.61. The predicted molar refractivity (Wildman–Crippen MR) is 62.8 cm³/mol. The average molecular weight is 230 g/mol. The van der Waals surface area contributed by atoms with Gasteiger partial charge in [0, 0.05) is 11.1 Å². The maximum atomic E-state index is 13.0. The van der Waals surface area contributed by atoms with Crippen molar-refractivity contribution in [2.45, 2.75) is 26.3 Å². The molecule has 1 rings (SSSR count). The summed E-state index contributed by atoms with van der Waals surface area (Å²) >= 11 is 6.01. The van der Waals surface area contributed by atoms with Gasteiger partial charge in [0.25, 0.3) is 0 Å². The molecule has 84 valence electrons. The second-order valence-electron chi connectivity index (χ2n) is 4.08. The van der Waals surface area contributed by atoms with Gasteiger partial charge < -0.3 is 5.32 Å². The van der Waals surface area contributed by atoms with Gasteiger partial charge in [-0.25, -0.2) is 4.39 Å². The minimum atomic E-state index is -0.229. The first-order chi connectivity index (χ1) is 7.04. The Morgan fingerprint density at radius 3 is 2.60 bits per heavy atom. The zero-order valence-electron chi connectivity index (χ0n) is 9.35. The molecule has 0 saturated heterocycles. The number of benzene rings is 1. The summed E-state index contributed by atoms with van der Waals surface area (Å²) in [7, 11) is 1.91. The largest absolute Gasteiger partial charge is 0.316 e. The number of likely N-dealkylation sites (N-methyl/N-ethyl adjacent to an activating group) is 1. The van der Waals surface area contributed by atoms with Gasteiger partial charge in [0.1, 0.15) is 5.82 Å². The molecule has 0 aromatic heterocycles. The molecule has 1 atom stereocenters. The molecule has 1 aromatic rings. The molecule has 1 nitrogen and oxygen atoms in total. The summed E-state index contributed by atoms with van der Waals surface area (Å²) in [6, 6.07) is 4.83. The Hall–Kier alpha value is -0.600. The third kappa shape index (κ3) is 3.47. The topological polar surface area (TPSA) is 12.0 Å². The number of hydrogen-bond acceptors (Lipinski definition) is 1. The minimum Gasteiger partial charge on any atom is -0.316 e. The Bertz CT molecular complexity index is 325. The van der Waals surface area contributed by atoms with Gasteiger partial charge >= 0.3 is 0 Å². The minimum absolute atomic E-state index is 0.229. The van der Waals surface area contributed by atoms with Crippen molar-refractivity contribution in [3.8, 4) is 0 Å². The van der Waals surface area contributed by atoms with E-state index in [1.807, 2.05) is 7.05 Å². The van der Waals surface area contributed by atoms with Crippen LogP contribution in [0.1, 0.15) is 19.4 Å². The number of rotatable bonds is 4. The van der Waals surface area contributed by atoms with E-state index < -0.39 is 0 Å². The van der Waals surface area contributed by atoms with Gasteiger partial charge in [-0.1, -0.05) is 25.4 Å². The van der Waals surface area contributed by atoms with Crippen molar-refractivity contribution in [1.29, 1.82) is 0 Å². The van der Waals surface area contributed by atoms with Gasteiger partial charge in [-0.15, -0.1) is 0 Å². The van der Waals surface area contributed by atoms with Crippen molar-refractivity contribution in [2.75, 3.05) is 7.05 Å². The monoisotopic (exact) mass is 229 g/mol. The Labute approximate surface area is 95.6 Å². The SMILES string of the molecule is CNC(Cc1cc(F)ccc1Cl)C(C)C. The van der Waals surface area contributed by atoms with Gasteiger partial charge in [0.2, 0.25) is 0 Å². The fourth-order valence-corrected chi connectivity index (χ4v) is 1.80. The maximum absolute atomic E-state index is 13.0. The van der Waals surface area contributed by atoms with Crippen LogP contribution in [0.3, 0.4) is 0 Å². The first kappa shape index (κ1) is 12.5. The van der Waals surface area contributed by atoms with Crippen LogP contribution in [-0.4, -0.2) is 13.1 Å².